The van der Waals surface area contributed by atoms with E-state index in [-0.39, 0.29) is 5.78 Å². The quantitative estimate of drug-likeness (QED) is 0.763. The van der Waals surface area contributed by atoms with E-state index in [1.807, 2.05) is 24.3 Å². The molecular weight excluding hydrogens is 178 g/mol. The van der Waals surface area contributed by atoms with E-state index in [2.05, 4.69) is 0 Å². The van der Waals surface area contributed by atoms with E-state index < -0.39 is 0 Å². The van der Waals surface area contributed by atoms with Crippen LogP contribution in [-0.2, 0) is 11.2 Å². The lowest BCUT2D eigenvalue weighted by Gasteiger charge is -2.04. The molecule has 1 aromatic carbocycles. The molecular formula is C11H15NO2. The topological polar surface area (TPSA) is 52.3 Å². The molecule has 1 aromatic rings. The Morgan fingerprint density at radius 3 is 2.50 bits per heavy atom. The standard InChI is InChI=1S/C11H15NO2/c1-9(13)8-10-2-4-11(5-3-10)14-7-6-12/h2-5H,6-8,12H2,1H3. The summed E-state index contributed by atoms with van der Waals surface area (Å²) < 4.78 is 5.31. The third-order valence-corrected chi connectivity index (χ3v) is 1.76. The van der Waals surface area contributed by atoms with Crippen LogP contribution in [0.2, 0.25) is 0 Å². The molecule has 0 saturated heterocycles. The molecule has 0 amide bonds. The van der Waals surface area contributed by atoms with E-state index in [1.165, 1.54) is 0 Å². The number of nitrogens with two attached hydrogens (primary N) is 1. The molecule has 14 heavy (non-hydrogen) atoms. The Morgan fingerprint density at radius 1 is 1.36 bits per heavy atom. The number of rotatable bonds is 5. The first-order valence-electron chi connectivity index (χ1n) is 4.63. The van der Waals surface area contributed by atoms with Gasteiger partial charge in [-0.25, -0.2) is 0 Å². The lowest BCUT2D eigenvalue weighted by molar-refractivity contribution is -0.116. The molecule has 2 N–H and O–H groups in total. The number of ether oxygens (including phenoxy) is 1. The van der Waals surface area contributed by atoms with Crippen LogP contribution in [0.1, 0.15) is 12.5 Å². The molecule has 3 heteroatoms. The van der Waals surface area contributed by atoms with Gasteiger partial charge in [0.1, 0.15) is 18.1 Å². The minimum atomic E-state index is 0.167. The van der Waals surface area contributed by atoms with Gasteiger partial charge in [-0.3, -0.25) is 4.79 Å². The van der Waals surface area contributed by atoms with Gasteiger partial charge in [-0.15, -0.1) is 0 Å². The molecule has 0 radical (unpaired) electrons. The third kappa shape index (κ3) is 3.58. The summed E-state index contributed by atoms with van der Waals surface area (Å²) in [6.45, 7) is 2.61. The van der Waals surface area contributed by atoms with Crippen molar-refractivity contribution in [2.24, 2.45) is 5.73 Å². The van der Waals surface area contributed by atoms with E-state index in [0.29, 0.717) is 19.6 Å². The summed E-state index contributed by atoms with van der Waals surface area (Å²) in [5.41, 5.74) is 6.31. The fraction of sp³-hybridized carbons (Fsp3) is 0.364. The second kappa shape index (κ2) is 5.40. The van der Waals surface area contributed by atoms with Gasteiger partial charge in [-0.1, -0.05) is 12.1 Å². The van der Waals surface area contributed by atoms with Gasteiger partial charge in [0.15, 0.2) is 0 Å². The molecule has 0 aromatic heterocycles. The van der Waals surface area contributed by atoms with Crippen molar-refractivity contribution in [3.05, 3.63) is 29.8 Å². The van der Waals surface area contributed by atoms with Crippen LogP contribution in [0.4, 0.5) is 0 Å². The van der Waals surface area contributed by atoms with Crippen LogP contribution in [-0.4, -0.2) is 18.9 Å². The summed E-state index contributed by atoms with van der Waals surface area (Å²) in [5, 5.41) is 0. The molecule has 0 aliphatic rings. The number of Topliss-reactive ketones (excluding diaryl/α,β-unsaturated/α-hetero) is 1. The highest BCUT2D eigenvalue weighted by Crippen LogP contribution is 2.12. The highest BCUT2D eigenvalue weighted by molar-refractivity contribution is 5.78. The highest BCUT2D eigenvalue weighted by Gasteiger charge is 1.98. The Morgan fingerprint density at radius 2 is 2.00 bits per heavy atom. The molecule has 0 heterocycles. The van der Waals surface area contributed by atoms with E-state index in [0.717, 1.165) is 11.3 Å². The zero-order valence-electron chi connectivity index (χ0n) is 8.32. The van der Waals surface area contributed by atoms with Gasteiger partial charge in [0.2, 0.25) is 0 Å². The maximum Gasteiger partial charge on any atom is 0.134 e. The van der Waals surface area contributed by atoms with E-state index in [4.69, 9.17) is 10.5 Å². The number of carbonyl (C=O) groups is 1. The number of ketones is 1. The number of carbonyl (C=O) groups excluding carboxylic acids is 1. The fourth-order valence-corrected chi connectivity index (χ4v) is 1.17. The second-order valence-electron chi connectivity index (χ2n) is 3.16. The van der Waals surface area contributed by atoms with Crippen LogP contribution >= 0.6 is 0 Å². The summed E-state index contributed by atoms with van der Waals surface area (Å²) in [7, 11) is 0. The molecule has 0 atom stereocenters. The van der Waals surface area contributed by atoms with Crippen molar-refractivity contribution in [1.82, 2.24) is 0 Å². The predicted molar refractivity (Wildman–Crippen MR) is 55.4 cm³/mol. The third-order valence-electron chi connectivity index (χ3n) is 1.76. The Hall–Kier alpha value is -1.35. The van der Waals surface area contributed by atoms with Gasteiger partial charge in [0, 0.05) is 13.0 Å². The maximum absolute atomic E-state index is 10.8. The lowest BCUT2D eigenvalue weighted by Crippen LogP contribution is -2.10. The Bertz CT molecular complexity index is 293. The summed E-state index contributed by atoms with van der Waals surface area (Å²) >= 11 is 0. The molecule has 0 unspecified atom stereocenters. The van der Waals surface area contributed by atoms with Crippen LogP contribution < -0.4 is 10.5 Å². The summed E-state index contributed by atoms with van der Waals surface area (Å²) in [6.07, 6.45) is 0.483. The SMILES string of the molecule is CC(=O)Cc1ccc(OCCN)cc1. The van der Waals surface area contributed by atoms with Gasteiger partial charge in [0.05, 0.1) is 0 Å². The largest absolute Gasteiger partial charge is 0.492 e. The normalized spacial score (nSPS) is 9.86. The van der Waals surface area contributed by atoms with Gasteiger partial charge < -0.3 is 10.5 Å². The zero-order valence-corrected chi connectivity index (χ0v) is 8.32. The molecule has 0 bridgehead atoms. The summed E-state index contributed by atoms with van der Waals surface area (Å²) in [4.78, 5) is 10.8. The molecule has 0 fully saturated rings. The number of benzene rings is 1. The minimum Gasteiger partial charge on any atom is -0.492 e. The van der Waals surface area contributed by atoms with Crippen LogP contribution in [0.3, 0.4) is 0 Å². The van der Waals surface area contributed by atoms with Crippen molar-refractivity contribution < 1.29 is 9.53 Å². The molecule has 76 valence electrons. The van der Waals surface area contributed by atoms with Crippen molar-refractivity contribution in [2.75, 3.05) is 13.2 Å². The summed E-state index contributed by atoms with van der Waals surface area (Å²) in [5.74, 6) is 0.961. The molecule has 0 aliphatic carbocycles. The first kappa shape index (κ1) is 10.7. The van der Waals surface area contributed by atoms with Gasteiger partial charge in [0.25, 0.3) is 0 Å². The van der Waals surface area contributed by atoms with Crippen molar-refractivity contribution in [2.45, 2.75) is 13.3 Å². The Balaban J connectivity index is 2.54. The summed E-state index contributed by atoms with van der Waals surface area (Å²) in [6, 6.07) is 7.50. The Labute approximate surface area is 83.9 Å². The van der Waals surface area contributed by atoms with Crippen LogP contribution in [0.25, 0.3) is 0 Å². The van der Waals surface area contributed by atoms with Gasteiger partial charge >= 0.3 is 0 Å². The predicted octanol–water partition coefficient (Wildman–Crippen LogP) is 1.16. The molecule has 0 aliphatic heterocycles. The smallest absolute Gasteiger partial charge is 0.134 e. The van der Waals surface area contributed by atoms with Crippen LogP contribution in [0.5, 0.6) is 5.75 Å². The van der Waals surface area contributed by atoms with E-state index >= 15 is 0 Å². The van der Waals surface area contributed by atoms with Crippen LogP contribution in [0, 0.1) is 0 Å². The fourth-order valence-electron chi connectivity index (χ4n) is 1.17. The minimum absolute atomic E-state index is 0.167. The van der Waals surface area contributed by atoms with Crippen LogP contribution in [0.15, 0.2) is 24.3 Å². The van der Waals surface area contributed by atoms with E-state index in [9.17, 15) is 4.79 Å². The molecule has 1 rings (SSSR count). The van der Waals surface area contributed by atoms with Crippen molar-refractivity contribution in [1.29, 1.82) is 0 Å². The monoisotopic (exact) mass is 193 g/mol. The molecule has 0 saturated carbocycles. The second-order valence-corrected chi connectivity index (χ2v) is 3.16. The lowest BCUT2D eigenvalue weighted by atomic mass is 10.1. The highest BCUT2D eigenvalue weighted by atomic mass is 16.5. The average Bonchev–Trinajstić information content (AvgIpc) is 2.16. The van der Waals surface area contributed by atoms with Crippen molar-refractivity contribution in [3.63, 3.8) is 0 Å². The average molecular weight is 193 g/mol. The van der Waals surface area contributed by atoms with Crippen molar-refractivity contribution in [3.8, 4) is 5.75 Å². The van der Waals surface area contributed by atoms with Crippen molar-refractivity contribution >= 4 is 5.78 Å². The Kier molecular flexibility index (Phi) is 4.13. The number of hydrogen-bond acceptors (Lipinski definition) is 3. The first-order valence-corrected chi connectivity index (χ1v) is 4.63. The number of hydrogen-bond donors (Lipinski definition) is 1. The first-order chi connectivity index (χ1) is 6.72. The van der Waals surface area contributed by atoms with E-state index in [1.54, 1.807) is 6.92 Å². The maximum atomic E-state index is 10.8. The molecule has 3 nitrogen and oxygen atoms in total. The van der Waals surface area contributed by atoms with Gasteiger partial charge in [-0.05, 0) is 24.6 Å². The molecule has 0 spiro atoms. The zero-order chi connectivity index (χ0) is 10.4. The van der Waals surface area contributed by atoms with Gasteiger partial charge in [-0.2, -0.15) is 0 Å².